The number of nitrogens with zero attached hydrogens (tertiary/aromatic N) is 1. The first-order chi connectivity index (χ1) is 10.1. The van der Waals surface area contributed by atoms with Gasteiger partial charge in [-0.3, -0.25) is 9.69 Å². The van der Waals surface area contributed by atoms with Gasteiger partial charge in [0.05, 0.1) is 23.9 Å². The highest BCUT2D eigenvalue weighted by Gasteiger charge is 2.22. The summed E-state index contributed by atoms with van der Waals surface area (Å²) in [5, 5.41) is 13.2. The molecule has 0 bridgehead atoms. The van der Waals surface area contributed by atoms with Crippen LogP contribution in [0.1, 0.15) is 25.7 Å². The number of hydrogen-bond donors (Lipinski definition) is 2. The van der Waals surface area contributed by atoms with Gasteiger partial charge in [-0.15, -0.1) is 0 Å². The van der Waals surface area contributed by atoms with Crippen molar-refractivity contribution in [1.82, 2.24) is 4.90 Å². The predicted octanol–water partition coefficient (Wildman–Crippen LogP) is 3.17. The van der Waals surface area contributed by atoms with E-state index in [1.165, 1.54) is 0 Å². The zero-order valence-electron chi connectivity index (χ0n) is 11.8. The first kappa shape index (κ1) is 16.6. The SMILES string of the molecule is O=C(CN1CCCCCC1CO)Nc1cc(Cl)ccc1Cl. The minimum Gasteiger partial charge on any atom is -0.395 e. The van der Waals surface area contributed by atoms with Crippen LogP contribution >= 0.6 is 23.2 Å². The first-order valence-corrected chi connectivity index (χ1v) is 7.95. The molecule has 0 spiro atoms. The zero-order chi connectivity index (χ0) is 15.2. The molecule has 1 fully saturated rings. The van der Waals surface area contributed by atoms with Crippen LogP contribution in [0.5, 0.6) is 0 Å². The fraction of sp³-hybridized carbons (Fsp3) is 0.533. The molecule has 1 amide bonds. The normalized spacial score (nSPS) is 20.0. The third-order valence-electron chi connectivity index (χ3n) is 3.76. The minimum atomic E-state index is -0.139. The molecule has 6 heteroatoms. The van der Waals surface area contributed by atoms with Gasteiger partial charge >= 0.3 is 0 Å². The topological polar surface area (TPSA) is 52.6 Å². The van der Waals surface area contributed by atoms with E-state index >= 15 is 0 Å². The number of rotatable bonds is 4. The smallest absolute Gasteiger partial charge is 0.238 e. The van der Waals surface area contributed by atoms with E-state index < -0.39 is 0 Å². The van der Waals surface area contributed by atoms with E-state index in [1.54, 1.807) is 18.2 Å². The van der Waals surface area contributed by atoms with Crippen LogP contribution < -0.4 is 5.32 Å². The molecule has 1 aromatic carbocycles. The van der Waals surface area contributed by atoms with Gasteiger partial charge in [0.15, 0.2) is 0 Å². The van der Waals surface area contributed by atoms with Crippen molar-refractivity contribution in [3.63, 3.8) is 0 Å². The van der Waals surface area contributed by atoms with Gasteiger partial charge in [-0.25, -0.2) is 0 Å². The van der Waals surface area contributed by atoms with Crippen LogP contribution in [0.25, 0.3) is 0 Å². The lowest BCUT2D eigenvalue weighted by Gasteiger charge is -2.27. The van der Waals surface area contributed by atoms with Crippen molar-refractivity contribution in [3.05, 3.63) is 28.2 Å². The zero-order valence-corrected chi connectivity index (χ0v) is 13.3. The molecule has 116 valence electrons. The maximum absolute atomic E-state index is 12.2. The molecule has 1 atom stereocenters. The Morgan fingerprint density at radius 2 is 2.14 bits per heavy atom. The van der Waals surface area contributed by atoms with Crippen molar-refractivity contribution in [3.8, 4) is 0 Å². The van der Waals surface area contributed by atoms with Gasteiger partial charge in [-0.1, -0.05) is 36.0 Å². The van der Waals surface area contributed by atoms with Gasteiger partial charge in [0.1, 0.15) is 0 Å². The lowest BCUT2D eigenvalue weighted by atomic mass is 10.1. The van der Waals surface area contributed by atoms with E-state index in [1.807, 2.05) is 4.90 Å². The molecular formula is C15H20Cl2N2O2. The van der Waals surface area contributed by atoms with Crippen molar-refractivity contribution in [2.45, 2.75) is 31.7 Å². The monoisotopic (exact) mass is 330 g/mol. The number of amides is 1. The second kappa shape index (κ2) is 7.99. The number of aliphatic hydroxyl groups is 1. The molecule has 1 unspecified atom stereocenters. The largest absolute Gasteiger partial charge is 0.395 e. The number of hydrogen-bond acceptors (Lipinski definition) is 3. The molecule has 2 rings (SSSR count). The van der Waals surface area contributed by atoms with Crippen molar-refractivity contribution >= 4 is 34.8 Å². The number of carbonyl (C=O) groups excluding carboxylic acids is 1. The van der Waals surface area contributed by atoms with E-state index in [9.17, 15) is 9.90 Å². The molecule has 0 aromatic heterocycles. The maximum atomic E-state index is 12.2. The third kappa shape index (κ3) is 4.85. The van der Waals surface area contributed by atoms with Crippen LogP contribution in [-0.4, -0.2) is 41.7 Å². The van der Waals surface area contributed by atoms with E-state index in [0.29, 0.717) is 15.7 Å². The molecule has 0 radical (unpaired) electrons. The highest BCUT2D eigenvalue weighted by Crippen LogP contribution is 2.25. The average Bonchev–Trinajstić information content (AvgIpc) is 2.68. The summed E-state index contributed by atoms with van der Waals surface area (Å²) in [5.41, 5.74) is 0.518. The summed E-state index contributed by atoms with van der Waals surface area (Å²) in [7, 11) is 0. The summed E-state index contributed by atoms with van der Waals surface area (Å²) in [6.07, 6.45) is 4.24. The summed E-state index contributed by atoms with van der Waals surface area (Å²) in [6.45, 7) is 1.18. The number of halogens is 2. The number of nitrogens with one attached hydrogen (secondary N) is 1. The molecule has 21 heavy (non-hydrogen) atoms. The second-order valence-corrected chi connectivity index (χ2v) is 6.17. The highest BCUT2D eigenvalue weighted by molar-refractivity contribution is 6.35. The van der Waals surface area contributed by atoms with Crippen molar-refractivity contribution in [2.75, 3.05) is 25.0 Å². The lowest BCUT2D eigenvalue weighted by molar-refractivity contribution is -0.118. The lowest BCUT2D eigenvalue weighted by Crippen LogP contribution is -2.42. The number of benzene rings is 1. The Kier molecular flexibility index (Phi) is 6.30. The van der Waals surface area contributed by atoms with Crippen LogP contribution in [0.4, 0.5) is 5.69 Å². The Labute approximate surface area is 135 Å². The highest BCUT2D eigenvalue weighted by atomic mass is 35.5. The molecule has 1 aliphatic rings. The molecule has 1 saturated heterocycles. The molecule has 1 aromatic rings. The standard InChI is InChI=1S/C15H20Cl2N2O2/c16-11-5-6-13(17)14(8-11)18-15(21)9-19-7-3-1-2-4-12(19)10-20/h5-6,8,12,20H,1-4,7,9-10H2,(H,18,21). The average molecular weight is 331 g/mol. The van der Waals surface area contributed by atoms with E-state index in [0.717, 1.165) is 32.2 Å². The van der Waals surface area contributed by atoms with Gasteiger partial charge in [0, 0.05) is 11.1 Å². The van der Waals surface area contributed by atoms with Crippen molar-refractivity contribution in [1.29, 1.82) is 0 Å². The molecule has 0 aliphatic carbocycles. The van der Waals surface area contributed by atoms with Gasteiger partial charge in [0.25, 0.3) is 0 Å². The fourth-order valence-corrected chi connectivity index (χ4v) is 2.96. The minimum absolute atomic E-state index is 0.0630. The molecule has 1 aliphatic heterocycles. The van der Waals surface area contributed by atoms with Crippen LogP contribution in [0, 0.1) is 0 Å². The third-order valence-corrected chi connectivity index (χ3v) is 4.32. The summed E-state index contributed by atoms with van der Waals surface area (Å²) >= 11 is 11.9. The van der Waals surface area contributed by atoms with Crippen molar-refractivity contribution in [2.24, 2.45) is 0 Å². The Morgan fingerprint density at radius 1 is 1.33 bits per heavy atom. The van der Waals surface area contributed by atoms with E-state index in [-0.39, 0.29) is 25.1 Å². The summed E-state index contributed by atoms with van der Waals surface area (Å²) < 4.78 is 0. The van der Waals surface area contributed by atoms with E-state index in [2.05, 4.69) is 5.32 Å². The van der Waals surface area contributed by atoms with Crippen LogP contribution in [0.15, 0.2) is 18.2 Å². The van der Waals surface area contributed by atoms with Gasteiger partial charge in [-0.05, 0) is 37.6 Å². The number of likely N-dealkylation sites (tertiary alicyclic amines) is 1. The first-order valence-electron chi connectivity index (χ1n) is 7.20. The molecular weight excluding hydrogens is 311 g/mol. The van der Waals surface area contributed by atoms with Gasteiger partial charge in [-0.2, -0.15) is 0 Å². The fourth-order valence-electron chi connectivity index (χ4n) is 2.62. The Morgan fingerprint density at radius 3 is 2.90 bits per heavy atom. The number of anilines is 1. The van der Waals surface area contributed by atoms with E-state index in [4.69, 9.17) is 23.2 Å². The second-order valence-electron chi connectivity index (χ2n) is 5.33. The number of carbonyl (C=O) groups is 1. The number of aliphatic hydroxyl groups excluding tert-OH is 1. The van der Waals surface area contributed by atoms with Crippen LogP contribution in [0.3, 0.4) is 0 Å². The van der Waals surface area contributed by atoms with Gasteiger partial charge < -0.3 is 10.4 Å². The predicted molar refractivity (Wildman–Crippen MR) is 86.0 cm³/mol. The summed E-state index contributed by atoms with van der Waals surface area (Å²) in [4.78, 5) is 14.2. The van der Waals surface area contributed by atoms with Crippen molar-refractivity contribution < 1.29 is 9.90 Å². The maximum Gasteiger partial charge on any atom is 0.238 e. The molecule has 1 heterocycles. The van der Waals surface area contributed by atoms with Gasteiger partial charge in [0.2, 0.25) is 5.91 Å². The van der Waals surface area contributed by atoms with Crippen LogP contribution in [-0.2, 0) is 4.79 Å². The Balaban J connectivity index is 1.98. The Bertz CT molecular complexity index is 497. The quantitative estimate of drug-likeness (QED) is 0.891. The molecule has 0 saturated carbocycles. The summed E-state index contributed by atoms with van der Waals surface area (Å²) in [5.74, 6) is -0.139. The molecule has 4 nitrogen and oxygen atoms in total. The Hall–Kier alpha value is -0.810. The molecule has 2 N–H and O–H groups in total. The van der Waals surface area contributed by atoms with Crippen LogP contribution in [0.2, 0.25) is 10.0 Å². The summed E-state index contributed by atoms with van der Waals surface area (Å²) in [6, 6.07) is 5.03.